The highest BCUT2D eigenvalue weighted by molar-refractivity contribution is 5.95. The summed E-state index contributed by atoms with van der Waals surface area (Å²) in [5, 5.41) is 33.8. The molecule has 32 heavy (non-hydrogen) atoms. The minimum Gasteiger partial charge on any atom is -0.481 e. The number of hydrogen-bond acceptors (Lipinski definition) is 8. The highest BCUT2D eigenvalue weighted by atomic mass is 16.4. The Hall–Kier alpha value is -3.26. The van der Waals surface area contributed by atoms with E-state index in [-0.39, 0.29) is 12.8 Å². The van der Waals surface area contributed by atoms with Gasteiger partial charge in [0, 0.05) is 6.42 Å². The van der Waals surface area contributed by atoms with E-state index in [0.29, 0.717) is 6.42 Å². The van der Waals surface area contributed by atoms with Crippen molar-refractivity contribution in [3.05, 3.63) is 0 Å². The van der Waals surface area contributed by atoms with Gasteiger partial charge in [-0.3, -0.25) is 24.0 Å². The van der Waals surface area contributed by atoms with E-state index in [9.17, 15) is 33.9 Å². The van der Waals surface area contributed by atoms with Crippen molar-refractivity contribution < 1.29 is 44.1 Å². The van der Waals surface area contributed by atoms with Crippen LogP contribution in [0.15, 0.2) is 0 Å². The third-order valence-electron chi connectivity index (χ3n) is 4.63. The summed E-state index contributed by atoms with van der Waals surface area (Å²) in [6.45, 7) is 2.47. The second kappa shape index (κ2) is 13.9. The first-order chi connectivity index (χ1) is 14.8. The highest BCUT2D eigenvalue weighted by Crippen LogP contribution is 2.09. The number of aliphatic hydroxyl groups excluding tert-OH is 1. The summed E-state index contributed by atoms with van der Waals surface area (Å²) in [7, 11) is 0. The standard InChI is InChI=1S/C18H31N5O9/c1-3-8(2)14(23-15(28)9(19)4-5-13(26)27)17(30)22-11(7-24)16(29)21-10(18(31)32)6-12(20)25/h8-11,14,24H,3-7,19H2,1-2H3,(H2,20,25)(H,21,29)(H,22,30)(H,23,28)(H,26,27)(H,31,32). The third kappa shape index (κ3) is 10.2. The van der Waals surface area contributed by atoms with Gasteiger partial charge in [-0.25, -0.2) is 4.79 Å². The molecule has 0 aliphatic heterocycles. The van der Waals surface area contributed by atoms with Crippen LogP contribution in [-0.4, -0.2) is 81.7 Å². The van der Waals surface area contributed by atoms with E-state index in [0.717, 1.165) is 0 Å². The van der Waals surface area contributed by atoms with E-state index in [2.05, 4.69) is 10.6 Å². The first-order valence-corrected chi connectivity index (χ1v) is 9.84. The largest absolute Gasteiger partial charge is 0.481 e. The molecule has 0 aliphatic carbocycles. The second-order valence-corrected chi connectivity index (χ2v) is 7.22. The van der Waals surface area contributed by atoms with Gasteiger partial charge in [-0.05, 0) is 12.3 Å². The fourth-order valence-corrected chi connectivity index (χ4v) is 2.50. The number of aliphatic hydroxyl groups is 1. The van der Waals surface area contributed by atoms with Gasteiger partial charge in [0.25, 0.3) is 0 Å². The number of aliphatic carboxylic acids is 2. The van der Waals surface area contributed by atoms with Crippen molar-refractivity contribution in [1.29, 1.82) is 0 Å². The van der Waals surface area contributed by atoms with Gasteiger partial charge in [0.1, 0.15) is 18.1 Å². The second-order valence-electron chi connectivity index (χ2n) is 7.22. The molecule has 0 aromatic heterocycles. The summed E-state index contributed by atoms with van der Waals surface area (Å²) in [6.07, 6.45) is -0.781. The zero-order valence-corrected chi connectivity index (χ0v) is 17.9. The first-order valence-electron chi connectivity index (χ1n) is 9.84. The molecular formula is C18H31N5O9. The lowest BCUT2D eigenvalue weighted by Gasteiger charge is -2.27. The summed E-state index contributed by atoms with van der Waals surface area (Å²) < 4.78 is 0. The number of carbonyl (C=O) groups excluding carboxylic acids is 4. The lowest BCUT2D eigenvalue weighted by Crippen LogP contribution is -2.59. The Bertz CT molecular complexity index is 715. The summed E-state index contributed by atoms with van der Waals surface area (Å²) in [5.74, 6) is -6.81. The van der Waals surface area contributed by atoms with Crippen molar-refractivity contribution >= 4 is 35.6 Å². The van der Waals surface area contributed by atoms with Gasteiger partial charge in [-0.2, -0.15) is 0 Å². The zero-order chi connectivity index (χ0) is 25.0. The van der Waals surface area contributed by atoms with Crippen molar-refractivity contribution in [1.82, 2.24) is 16.0 Å². The average molecular weight is 461 g/mol. The number of carbonyl (C=O) groups is 6. The predicted molar refractivity (Wildman–Crippen MR) is 109 cm³/mol. The van der Waals surface area contributed by atoms with Crippen LogP contribution in [0, 0.1) is 5.92 Å². The topological polar surface area (TPSA) is 251 Å². The van der Waals surface area contributed by atoms with Crippen molar-refractivity contribution in [2.24, 2.45) is 17.4 Å². The molecule has 0 radical (unpaired) electrons. The predicted octanol–water partition coefficient (Wildman–Crippen LogP) is -3.37. The maximum absolute atomic E-state index is 12.7. The highest BCUT2D eigenvalue weighted by Gasteiger charge is 2.32. The molecule has 182 valence electrons. The molecule has 14 nitrogen and oxygen atoms in total. The quantitative estimate of drug-likeness (QED) is 0.120. The molecule has 0 saturated heterocycles. The number of rotatable bonds is 15. The van der Waals surface area contributed by atoms with Crippen LogP contribution in [0.25, 0.3) is 0 Å². The zero-order valence-electron chi connectivity index (χ0n) is 17.9. The van der Waals surface area contributed by atoms with Crippen LogP contribution in [0.2, 0.25) is 0 Å². The molecule has 5 atom stereocenters. The van der Waals surface area contributed by atoms with Crippen molar-refractivity contribution in [3.8, 4) is 0 Å². The monoisotopic (exact) mass is 461 g/mol. The first kappa shape index (κ1) is 28.7. The van der Waals surface area contributed by atoms with Crippen LogP contribution in [0.4, 0.5) is 0 Å². The molecule has 14 heteroatoms. The molecular weight excluding hydrogens is 430 g/mol. The Morgan fingerprint density at radius 2 is 1.47 bits per heavy atom. The van der Waals surface area contributed by atoms with E-state index in [4.69, 9.17) is 21.7 Å². The molecule has 10 N–H and O–H groups in total. The number of carboxylic acid groups (broad SMARTS) is 2. The molecule has 0 aromatic rings. The number of hydrogen-bond donors (Lipinski definition) is 8. The molecule has 0 saturated carbocycles. The Morgan fingerprint density at radius 3 is 1.91 bits per heavy atom. The number of carboxylic acids is 2. The lowest BCUT2D eigenvalue weighted by molar-refractivity contribution is -0.144. The van der Waals surface area contributed by atoms with Gasteiger partial charge in [0.2, 0.25) is 23.6 Å². The number of primary amides is 1. The van der Waals surface area contributed by atoms with E-state index in [1.807, 2.05) is 5.32 Å². The van der Waals surface area contributed by atoms with E-state index < -0.39 is 78.7 Å². The molecule has 0 bridgehead atoms. The van der Waals surface area contributed by atoms with Crippen molar-refractivity contribution in [3.63, 3.8) is 0 Å². The number of nitrogens with two attached hydrogens (primary N) is 2. The summed E-state index contributed by atoms with van der Waals surface area (Å²) in [5.41, 5.74) is 10.6. The summed E-state index contributed by atoms with van der Waals surface area (Å²) >= 11 is 0. The van der Waals surface area contributed by atoms with Crippen LogP contribution >= 0.6 is 0 Å². The van der Waals surface area contributed by atoms with Crippen molar-refractivity contribution in [2.45, 2.75) is 63.7 Å². The Balaban J connectivity index is 5.29. The molecule has 0 fully saturated rings. The molecule has 0 heterocycles. The summed E-state index contributed by atoms with van der Waals surface area (Å²) in [4.78, 5) is 70.0. The van der Waals surface area contributed by atoms with E-state index >= 15 is 0 Å². The maximum atomic E-state index is 12.7. The fraction of sp³-hybridized carbons (Fsp3) is 0.667. The Kier molecular flexibility index (Phi) is 12.5. The van der Waals surface area contributed by atoms with Crippen molar-refractivity contribution in [2.75, 3.05) is 6.61 Å². The third-order valence-corrected chi connectivity index (χ3v) is 4.63. The molecule has 0 spiro atoms. The van der Waals surface area contributed by atoms with Gasteiger partial charge in [-0.1, -0.05) is 20.3 Å². The van der Waals surface area contributed by atoms with Gasteiger partial charge < -0.3 is 42.7 Å². The van der Waals surface area contributed by atoms with Crippen LogP contribution < -0.4 is 27.4 Å². The van der Waals surface area contributed by atoms with Crippen LogP contribution in [0.5, 0.6) is 0 Å². The number of nitrogens with one attached hydrogen (secondary N) is 3. The smallest absolute Gasteiger partial charge is 0.326 e. The van der Waals surface area contributed by atoms with Gasteiger partial charge in [0.05, 0.1) is 19.1 Å². The normalized spacial score (nSPS) is 15.4. The van der Waals surface area contributed by atoms with Crippen LogP contribution in [-0.2, 0) is 28.8 Å². The van der Waals surface area contributed by atoms with Gasteiger partial charge in [0.15, 0.2) is 0 Å². The molecule has 5 unspecified atom stereocenters. The van der Waals surface area contributed by atoms with Crippen LogP contribution in [0.3, 0.4) is 0 Å². The molecule has 0 aliphatic rings. The minimum atomic E-state index is -1.66. The SMILES string of the molecule is CCC(C)C(NC(=O)C(N)CCC(=O)O)C(=O)NC(CO)C(=O)NC(CC(N)=O)C(=O)O. The summed E-state index contributed by atoms with van der Waals surface area (Å²) in [6, 6.07) is -5.61. The number of amides is 4. The molecule has 0 aromatic carbocycles. The maximum Gasteiger partial charge on any atom is 0.326 e. The van der Waals surface area contributed by atoms with E-state index in [1.165, 1.54) is 0 Å². The molecule has 0 rings (SSSR count). The molecule has 4 amide bonds. The lowest BCUT2D eigenvalue weighted by atomic mass is 9.97. The minimum absolute atomic E-state index is 0.159. The van der Waals surface area contributed by atoms with Gasteiger partial charge in [-0.15, -0.1) is 0 Å². The Morgan fingerprint density at radius 1 is 0.906 bits per heavy atom. The Labute approximate surface area is 184 Å². The van der Waals surface area contributed by atoms with Crippen LogP contribution in [0.1, 0.15) is 39.5 Å². The fourth-order valence-electron chi connectivity index (χ4n) is 2.50. The van der Waals surface area contributed by atoms with E-state index in [1.54, 1.807) is 13.8 Å². The average Bonchev–Trinajstić information content (AvgIpc) is 2.71. The van der Waals surface area contributed by atoms with Gasteiger partial charge >= 0.3 is 11.9 Å².